The SMILES string of the molecule is CC1CCCN(C2CN(C(c3ccccc3)c3ccccc3)CCN2)C1. The zero-order valence-electron chi connectivity index (χ0n) is 15.8. The monoisotopic (exact) mass is 349 g/mol. The molecular formula is C23H31N3. The number of hydrogen-bond acceptors (Lipinski definition) is 3. The molecule has 0 bridgehead atoms. The van der Waals surface area contributed by atoms with E-state index in [-0.39, 0.29) is 0 Å². The van der Waals surface area contributed by atoms with Gasteiger partial charge in [-0.05, 0) is 36.4 Å². The minimum absolute atomic E-state index is 0.337. The second-order valence-electron chi connectivity index (χ2n) is 7.93. The summed E-state index contributed by atoms with van der Waals surface area (Å²) in [5.41, 5.74) is 2.79. The molecule has 2 unspecified atom stereocenters. The van der Waals surface area contributed by atoms with Crippen LogP contribution in [0.25, 0.3) is 0 Å². The van der Waals surface area contributed by atoms with Crippen LogP contribution in [0.15, 0.2) is 60.7 Å². The first-order valence-electron chi connectivity index (χ1n) is 10.1. The third kappa shape index (κ3) is 4.01. The summed E-state index contributed by atoms with van der Waals surface area (Å²) in [6.07, 6.45) is 3.19. The lowest BCUT2D eigenvalue weighted by atomic mass is 9.95. The normalized spacial score (nSPS) is 25.5. The van der Waals surface area contributed by atoms with Crippen molar-refractivity contribution < 1.29 is 0 Å². The Hall–Kier alpha value is -1.68. The fourth-order valence-corrected chi connectivity index (χ4v) is 4.63. The predicted molar refractivity (Wildman–Crippen MR) is 108 cm³/mol. The number of piperazine rings is 1. The van der Waals surface area contributed by atoms with Crippen molar-refractivity contribution in [3.05, 3.63) is 71.8 Å². The van der Waals surface area contributed by atoms with Crippen molar-refractivity contribution in [3.8, 4) is 0 Å². The first kappa shape index (κ1) is 17.7. The standard InChI is InChI=1S/C23H31N3/c1-19-9-8-15-25(17-19)22-18-26(16-14-24-22)23(20-10-4-2-5-11-20)21-12-6-3-7-13-21/h2-7,10-13,19,22-24H,8-9,14-18H2,1H3. The van der Waals surface area contributed by atoms with Crippen LogP contribution in [-0.4, -0.2) is 48.7 Å². The maximum absolute atomic E-state index is 3.78. The maximum Gasteiger partial charge on any atom is 0.0729 e. The van der Waals surface area contributed by atoms with Crippen LogP contribution in [0.5, 0.6) is 0 Å². The van der Waals surface area contributed by atoms with Crippen LogP contribution in [0, 0.1) is 5.92 Å². The van der Waals surface area contributed by atoms with Crippen LogP contribution in [0.3, 0.4) is 0 Å². The molecule has 2 aromatic carbocycles. The van der Waals surface area contributed by atoms with Crippen molar-refractivity contribution in [2.24, 2.45) is 5.92 Å². The van der Waals surface area contributed by atoms with Gasteiger partial charge in [0, 0.05) is 26.2 Å². The van der Waals surface area contributed by atoms with Gasteiger partial charge >= 0.3 is 0 Å². The lowest BCUT2D eigenvalue weighted by Gasteiger charge is -2.45. The minimum atomic E-state index is 0.337. The Morgan fingerprint density at radius 3 is 2.15 bits per heavy atom. The molecule has 3 nitrogen and oxygen atoms in total. The summed E-state index contributed by atoms with van der Waals surface area (Å²) in [6.45, 7) is 8.09. The van der Waals surface area contributed by atoms with E-state index in [1.54, 1.807) is 0 Å². The number of nitrogens with one attached hydrogen (secondary N) is 1. The Bertz CT molecular complexity index is 633. The lowest BCUT2D eigenvalue weighted by Crippen LogP contribution is -2.60. The summed E-state index contributed by atoms with van der Waals surface area (Å²) in [6, 6.07) is 22.3. The van der Waals surface area contributed by atoms with Crippen LogP contribution in [0.2, 0.25) is 0 Å². The fourth-order valence-electron chi connectivity index (χ4n) is 4.63. The summed E-state index contributed by atoms with van der Waals surface area (Å²) in [5, 5.41) is 3.78. The van der Waals surface area contributed by atoms with E-state index in [1.807, 2.05) is 0 Å². The summed E-state index contributed by atoms with van der Waals surface area (Å²) >= 11 is 0. The number of benzene rings is 2. The van der Waals surface area contributed by atoms with E-state index >= 15 is 0 Å². The van der Waals surface area contributed by atoms with Gasteiger partial charge in [-0.15, -0.1) is 0 Å². The summed E-state index contributed by atoms with van der Waals surface area (Å²) < 4.78 is 0. The fraction of sp³-hybridized carbons (Fsp3) is 0.478. The van der Waals surface area contributed by atoms with Gasteiger partial charge in [0.05, 0.1) is 12.2 Å². The van der Waals surface area contributed by atoms with Gasteiger partial charge < -0.3 is 0 Å². The molecule has 2 heterocycles. The number of rotatable bonds is 4. The molecule has 2 aliphatic heterocycles. The lowest BCUT2D eigenvalue weighted by molar-refractivity contribution is 0.0433. The molecule has 0 radical (unpaired) electrons. The largest absolute Gasteiger partial charge is 0.299 e. The van der Waals surface area contributed by atoms with E-state index in [2.05, 4.69) is 82.7 Å². The molecule has 4 rings (SSSR count). The highest BCUT2D eigenvalue weighted by Gasteiger charge is 2.32. The van der Waals surface area contributed by atoms with Crippen molar-refractivity contribution in [1.82, 2.24) is 15.1 Å². The maximum atomic E-state index is 3.78. The molecule has 0 aliphatic carbocycles. The Kier molecular flexibility index (Phi) is 5.68. The average Bonchev–Trinajstić information content (AvgIpc) is 2.70. The molecule has 2 fully saturated rings. The Morgan fingerprint density at radius 2 is 1.54 bits per heavy atom. The van der Waals surface area contributed by atoms with E-state index in [0.717, 1.165) is 25.6 Å². The number of likely N-dealkylation sites (tertiary alicyclic amines) is 1. The molecule has 2 aromatic rings. The topological polar surface area (TPSA) is 18.5 Å². The molecule has 0 saturated carbocycles. The number of piperidine rings is 1. The summed E-state index contributed by atoms with van der Waals surface area (Å²) in [5.74, 6) is 0.819. The summed E-state index contributed by atoms with van der Waals surface area (Å²) in [7, 11) is 0. The quantitative estimate of drug-likeness (QED) is 0.907. The van der Waals surface area contributed by atoms with Gasteiger partial charge in [0.1, 0.15) is 0 Å². The molecule has 1 N–H and O–H groups in total. The van der Waals surface area contributed by atoms with Gasteiger partial charge in [-0.3, -0.25) is 15.1 Å². The average molecular weight is 350 g/mol. The van der Waals surface area contributed by atoms with Crippen molar-refractivity contribution >= 4 is 0 Å². The smallest absolute Gasteiger partial charge is 0.0729 e. The van der Waals surface area contributed by atoms with E-state index in [1.165, 1.54) is 37.1 Å². The highest BCUT2D eigenvalue weighted by Crippen LogP contribution is 2.30. The van der Waals surface area contributed by atoms with Gasteiger partial charge in [0.2, 0.25) is 0 Å². The van der Waals surface area contributed by atoms with Crippen molar-refractivity contribution in [2.75, 3.05) is 32.7 Å². The molecule has 0 amide bonds. The molecule has 2 atom stereocenters. The van der Waals surface area contributed by atoms with Gasteiger partial charge in [-0.25, -0.2) is 0 Å². The van der Waals surface area contributed by atoms with Crippen molar-refractivity contribution in [1.29, 1.82) is 0 Å². The first-order chi connectivity index (χ1) is 12.8. The van der Waals surface area contributed by atoms with Gasteiger partial charge in [-0.2, -0.15) is 0 Å². The first-order valence-corrected chi connectivity index (χ1v) is 10.1. The highest BCUT2D eigenvalue weighted by molar-refractivity contribution is 5.32. The van der Waals surface area contributed by atoms with Crippen LogP contribution >= 0.6 is 0 Å². The Labute approximate surface area is 158 Å². The van der Waals surface area contributed by atoms with E-state index < -0.39 is 0 Å². The second-order valence-corrected chi connectivity index (χ2v) is 7.93. The Morgan fingerprint density at radius 1 is 0.885 bits per heavy atom. The minimum Gasteiger partial charge on any atom is -0.299 e. The van der Waals surface area contributed by atoms with Gasteiger partial charge in [0.25, 0.3) is 0 Å². The molecule has 26 heavy (non-hydrogen) atoms. The summed E-state index contributed by atoms with van der Waals surface area (Å²) in [4.78, 5) is 5.35. The predicted octanol–water partition coefficient (Wildman–Crippen LogP) is 3.74. The molecule has 3 heteroatoms. The van der Waals surface area contributed by atoms with Gasteiger partial charge in [-0.1, -0.05) is 67.6 Å². The molecule has 2 aliphatic rings. The van der Waals surface area contributed by atoms with E-state index in [4.69, 9.17) is 0 Å². The second kappa shape index (κ2) is 8.34. The van der Waals surface area contributed by atoms with Crippen LogP contribution in [0.4, 0.5) is 0 Å². The molecule has 0 aromatic heterocycles. The number of hydrogen-bond donors (Lipinski definition) is 1. The van der Waals surface area contributed by atoms with Gasteiger partial charge in [0.15, 0.2) is 0 Å². The van der Waals surface area contributed by atoms with Crippen molar-refractivity contribution in [3.63, 3.8) is 0 Å². The van der Waals surface area contributed by atoms with E-state index in [0.29, 0.717) is 12.2 Å². The third-order valence-corrected chi connectivity index (χ3v) is 5.91. The van der Waals surface area contributed by atoms with E-state index in [9.17, 15) is 0 Å². The Balaban J connectivity index is 1.57. The zero-order valence-corrected chi connectivity index (χ0v) is 15.8. The number of nitrogens with zero attached hydrogens (tertiary/aromatic N) is 2. The van der Waals surface area contributed by atoms with Crippen LogP contribution < -0.4 is 5.32 Å². The zero-order chi connectivity index (χ0) is 17.8. The molecular weight excluding hydrogens is 318 g/mol. The molecule has 0 spiro atoms. The molecule has 2 saturated heterocycles. The third-order valence-electron chi connectivity index (χ3n) is 5.91. The highest BCUT2D eigenvalue weighted by atomic mass is 15.3. The molecule has 138 valence electrons. The van der Waals surface area contributed by atoms with Crippen LogP contribution in [-0.2, 0) is 0 Å². The van der Waals surface area contributed by atoms with Crippen LogP contribution in [0.1, 0.15) is 36.9 Å². The van der Waals surface area contributed by atoms with Crippen molar-refractivity contribution in [2.45, 2.75) is 32.0 Å².